The number of halogens is 1. The van der Waals surface area contributed by atoms with E-state index in [0.29, 0.717) is 20.4 Å². The zero-order chi connectivity index (χ0) is 6.95. The molecule has 0 nitrogen and oxygen atoms in total. The Kier molecular flexibility index (Phi) is 17.8. The van der Waals surface area contributed by atoms with Gasteiger partial charge < -0.3 is 0 Å². The Labute approximate surface area is 85.6 Å². The molecule has 0 aliphatic rings. The summed E-state index contributed by atoms with van der Waals surface area (Å²) in [5.41, 5.74) is 0. The molecule has 0 rings (SSSR count). The molecule has 0 aliphatic carbocycles. The van der Waals surface area contributed by atoms with Crippen LogP contribution in [0.1, 0.15) is 39.5 Å². The van der Waals surface area contributed by atoms with Crippen LogP contribution in [0.4, 0.5) is 0 Å². The molecule has 0 aliphatic heterocycles. The summed E-state index contributed by atoms with van der Waals surface area (Å²) >= 11 is 0.389. The van der Waals surface area contributed by atoms with Crippen molar-refractivity contribution in [3.63, 3.8) is 0 Å². The summed E-state index contributed by atoms with van der Waals surface area (Å²) in [6, 6.07) is 0. The molecule has 0 aromatic heterocycles. The topological polar surface area (TPSA) is 0 Å². The van der Waals surface area contributed by atoms with Crippen LogP contribution in [-0.2, 0) is 0 Å². The molecule has 0 saturated carbocycles. The van der Waals surface area contributed by atoms with Crippen molar-refractivity contribution in [2.45, 2.75) is 48.6 Å². The van der Waals surface area contributed by atoms with Gasteiger partial charge in [-0.15, -0.1) is 26.1 Å². The molecular formula is C8H19BrMg. The minimum Gasteiger partial charge on any atom is -0.146 e. The highest BCUT2D eigenvalue weighted by Crippen LogP contribution is 1.99. The molecule has 0 bridgehead atoms. The van der Waals surface area contributed by atoms with Gasteiger partial charge in [0.05, 0.1) is 0 Å². The van der Waals surface area contributed by atoms with E-state index in [1.54, 1.807) is 9.10 Å². The van der Waals surface area contributed by atoms with Gasteiger partial charge in [-0.2, -0.15) is 0 Å². The van der Waals surface area contributed by atoms with Crippen LogP contribution in [-0.4, -0.2) is 20.4 Å². The Morgan fingerprint density at radius 3 is 1.60 bits per heavy atom. The van der Waals surface area contributed by atoms with E-state index in [-0.39, 0.29) is 17.0 Å². The van der Waals surface area contributed by atoms with Gasteiger partial charge in [-0.3, -0.25) is 0 Å². The lowest BCUT2D eigenvalue weighted by Crippen LogP contribution is -1.87. The zero-order valence-corrected chi connectivity index (χ0v) is 10.5. The third-order valence-corrected chi connectivity index (χ3v) is 3.71. The fourth-order valence-corrected chi connectivity index (χ4v) is 3.09. The molecule has 0 unspecified atom stereocenters. The van der Waals surface area contributed by atoms with Crippen LogP contribution in [0.2, 0.25) is 9.10 Å². The van der Waals surface area contributed by atoms with E-state index in [4.69, 9.17) is 0 Å². The molecule has 0 fully saturated rings. The van der Waals surface area contributed by atoms with Crippen LogP contribution >= 0.6 is 17.0 Å². The van der Waals surface area contributed by atoms with E-state index >= 15 is 0 Å². The normalized spacial score (nSPS) is 8.20. The third-order valence-electron chi connectivity index (χ3n) is 1.71. The van der Waals surface area contributed by atoms with Gasteiger partial charge >= 0.3 is 20.4 Å². The van der Waals surface area contributed by atoms with Crippen molar-refractivity contribution in [2.24, 2.45) is 0 Å². The predicted octanol–water partition coefficient (Wildman–Crippen LogP) is 3.71. The lowest BCUT2D eigenvalue weighted by atomic mass is 10.4. The molecule has 10 heavy (non-hydrogen) atoms. The van der Waals surface area contributed by atoms with Crippen molar-refractivity contribution in [2.75, 3.05) is 0 Å². The summed E-state index contributed by atoms with van der Waals surface area (Å²) < 4.78 is 3.19. The second-order valence-electron chi connectivity index (χ2n) is 2.77. The maximum absolute atomic E-state index is 2.29. The van der Waals surface area contributed by atoms with Crippen molar-refractivity contribution in [1.82, 2.24) is 0 Å². The Morgan fingerprint density at radius 1 is 0.900 bits per heavy atom. The Balaban J connectivity index is 0. The second-order valence-corrected chi connectivity index (χ2v) is 4.89. The van der Waals surface area contributed by atoms with Gasteiger partial charge in [-0.05, 0) is 0 Å². The van der Waals surface area contributed by atoms with Gasteiger partial charge in [-0.1, -0.05) is 39.5 Å². The third kappa shape index (κ3) is 12.0. The Hall–Kier alpha value is 1.25. The van der Waals surface area contributed by atoms with Gasteiger partial charge in [0.25, 0.3) is 0 Å². The standard InChI is InChI=1S/2C4H9.BrH.Mg/c2*1-3-4-2;;/h2*1,3-4H2,2H3;1H;. The summed E-state index contributed by atoms with van der Waals surface area (Å²) in [4.78, 5) is 0. The first-order valence-electron chi connectivity index (χ1n) is 4.41. The van der Waals surface area contributed by atoms with E-state index in [1.807, 2.05) is 0 Å². The monoisotopic (exact) mass is 218 g/mol. The maximum Gasteiger partial charge on any atom is 0.364 e. The highest BCUT2D eigenvalue weighted by atomic mass is 79.9. The van der Waals surface area contributed by atoms with Crippen LogP contribution < -0.4 is 0 Å². The summed E-state index contributed by atoms with van der Waals surface area (Å²) in [5.74, 6) is 0. The molecule has 0 spiro atoms. The molecule has 2 heteroatoms. The van der Waals surface area contributed by atoms with Crippen LogP contribution in [0.25, 0.3) is 0 Å². The molecule has 0 radical (unpaired) electrons. The average molecular weight is 219 g/mol. The summed E-state index contributed by atoms with van der Waals surface area (Å²) in [6.07, 6.45) is 5.80. The lowest BCUT2D eigenvalue weighted by molar-refractivity contribution is 0.851. The van der Waals surface area contributed by atoms with Crippen LogP contribution in [0.5, 0.6) is 0 Å². The minimum atomic E-state index is 0. The molecule has 0 heterocycles. The van der Waals surface area contributed by atoms with Crippen molar-refractivity contribution in [3.8, 4) is 0 Å². The first kappa shape index (κ1) is 13.8. The first-order valence-corrected chi connectivity index (χ1v) is 6.41. The quantitative estimate of drug-likeness (QED) is 0.472. The zero-order valence-electron chi connectivity index (χ0n) is 7.36. The highest BCUT2D eigenvalue weighted by Gasteiger charge is 1.92. The predicted molar refractivity (Wildman–Crippen MR) is 55.5 cm³/mol. The van der Waals surface area contributed by atoms with Crippen molar-refractivity contribution < 1.29 is 0 Å². The fraction of sp³-hybridized carbons (Fsp3) is 1.00. The van der Waals surface area contributed by atoms with Gasteiger partial charge in [0.2, 0.25) is 0 Å². The SMILES string of the molecule is Br.CCC[CH2][Mg][CH2]CCC. The fourth-order valence-electron chi connectivity index (χ4n) is 1.03. The molecule has 0 N–H and O–H groups in total. The highest BCUT2D eigenvalue weighted by molar-refractivity contribution is 8.93. The molecule has 0 aromatic rings. The first-order chi connectivity index (χ1) is 4.41. The number of rotatable bonds is 6. The van der Waals surface area contributed by atoms with Gasteiger partial charge in [0.1, 0.15) is 0 Å². The van der Waals surface area contributed by atoms with Crippen LogP contribution in [0, 0.1) is 0 Å². The van der Waals surface area contributed by atoms with Crippen molar-refractivity contribution in [3.05, 3.63) is 0 Å². The average Bonchev–Trinajstić information content (AvgIpc) is 1.89. The van der Waals surface area contributed by atoms with Gasteiger partial charge in [-0.25, -0.2) is 0 Å². The Morgan fingerprint density at radius 2 is 1.30 bits per heavy atom. The van der Waals surface area contributed by atoms with E-state index in [0.717, 1.165) is 0 Å². The smallest absolute Gasteiger partial charge is 0.146 e. The Bertz CT molecular complexity index is 42.5. The van der Waals surface area contributed by atoms with Crippen molar-refractivity contribution >= 4 is 37.3 Å². The summed E-state index contributed by atoms with van der Waals surface area (Å²) in [7, 11) is 0. The number of unbranched alkanes of at least 4 members (excludes halogenated alkanes) is 2. The van der Waals surface area contributed by atoms with E-state index in [9.17, 15) is 0 Å². The molecule has 0 aromatic carbocycles. The molecule has 0 amide bonds. The van der Waals surface area contributed by atoms with Gasteiger partial charge in [0, 0.05) is 0 Å². The second kappa shape index (κ2) is 12.9. The maximum atomic E-state index is 2.29. The summed E-state index contributed by atoms with van der Waals surface area (Å²) in [6.45, 7) is 4.57. The van der Waals surface area contributed by atoms with Crippen LogP contribution in [0.15, 0.2) is 0 Å². The largest absolute Gasteiger partial charge is 0.364 e. The molecule has 0 atom stereocenters. The molecular weight excluding hydrogens is 200 g/mol. The van der Waals surface area contributed by atoms with E-state index in [2.05, 4.69) is 13.8 Å². The van der Waals surface area contributed by atoms with E-state index < -0.39 is 0 Å². The molecule has 0 saturated heterocycles. The van der Waals surface area contributed by atoms with Crippen LogP contribution in [0.3, 0.4) is 0 Å². The molecule has 60 valence electrons. The summed E-state index contributed by atoms with van der Waals surface area (Å²) in [5, 5.41) is 0. The van der Waals surface area contributed by atoms with E-state index in [1.165, 1.54) is 25.7 Å². The minimum absolute atomic E-state index is 0. The lowest BCUT2D eigenvalue weighted by Gasteiger charge is -1.93. The van der Waals surface area contributed by atoms with Gasteiger partial charge in [0.15, 0.2) is 0 Å². The van der Waals surface area contributed by atoms with Crippen molar-refractivity contribution in [1.29, 1.82) is 0 Å². The number of hydrogen-bond acceptors (Lipinski definition) is 0. The number of hydrogen-bond donors (Lipinski definition) is 0.